The lowest BCUT2D eigenvalue weighted by molar-refractivity contribution is -0.00461. The lowest BCUT2D eigenvalue weighted by Gasteiger charge is -2.16. The van der Waals surface area contributed by atoms with Crippen molar-refractivity contribution in [1.82, 2.24) is 9.97 Å². The van der Waals surface area contributed by atoms with E-state index in [2.05, 4.69) is 14.9 Å². The van der Waals surface area contributed by atoms with Crippen LogP contribution in [0.4, 0.5) is 5.82 Å². The van der Waals surface area contributed by atoms with Crippen molar-refractivity contribution in [2.45, 2.75) is 18.8 Å². The smallest absolute Gasteiger partial charge is 0.147 e. The summed E-state index contributed by atoms with van der Waals surface area (Å²) in [6.45, 7) is 1.92. The molecule has 2 unspecified atom stereocenters. The Morgan fingerprint density at radius 1 is 1.29 bits per heavy atom. The quantitative estimate of drug-likeness (QED) is 0.782. The molecule has 2 atom stereocenters. The molecule has 0 bridgehead atoms. The maximum Gasteiger partial charge on any atom is 0.147 e. The van der Waals surface area contributed by atoms with Crippen LogP contribution in [0.3, 0.4) is 0 Å². The number of aromatic nitrogens is 2. The highest BCUT2D eigenvalue weighted by molar-refractivity contribution is 5.39. The maximum absolute atomic E-state index is 5.55. The molecule has 94 valence electrons. The SMILES string of the molecule is COC1CN(c2cncc(CN)n2)CC1OC. The van der Waals surface area contributed by atoms with E-state index in [0.717, 1.165) is 24.6 Å². The van der Waals surface area contributed by atoms with Crippen LogP contribution in [0.15, 0.2) is 12.4 Å². The Kier molecular flexibility index (Phi) is 3.88. The number of nitrogens with zero attached hydrogens (tertiary/aromatic N) is 3. The van der Waals surface area contributed by atoms with Crippen LogP contribution >= 0.6 is 0 Å². The third kappa shape index (κ3) is 2.54. The minimum Gasteiger partial charge on any atom is -0.377 e. The van der Waals surface area contributed by atoms with Crippen LogP contribution in [0.2, 0.25) is 0 Å². The van der Waals surface area contributed by atoms with Crippen LogP contribution in [0.25, 0.3) is 0 Å². The van der Waals surface area contributed by atoms with Crippen molar-refractivity contribution < 1.29 is 9.47 Å². The fourth-order valence-corrected chi connectivity index (χ4v) is 2.03. The topological polar surface area (TPSA) is 73.5 Å². The maximum atomic E-state index is 5.55. The Hall–Kier alpha value is -1.24. The molecular weight excluding hydrogens is 220 g/mol. The molecule has 17 heavy (non-hydrogen) atoms. The second-order valence-corrected chi connectivity index (χ2v) is 4.03. The van der Waals surface area contributed by atoms with E-state index in [1.807, 2.05) is 0 Å². The van der Waals surface area contributed by atoms with E-state index >= 15 is 0 Å². The molecule has 2 N–H and O–H groups in total. The van der Waals surface area contributed by atoms with E-state index in [-0.39, 0.29) is 12.2 Å². The minimum atomic E-state index is 0.0725. The van der Waals surface area contributed by atoms with E-state index < -0.39 is 0 Å². The summed E-state index contributed by atoms with van der Waals surface area (Å²) in [5, 5.41) is 0. The van der Waals surface area contributed by atoms with Gasteiger partial charge in [-0.25, -0.2) is 4.98 Å². The van der Waals surface area contributed by atoms with Gasteiger partial charge < -0.3 is 20.1 Å². The normalized spacial score (nSPS) is 24.3. The first kappa shape index (κ1) is 12.2. The number of methoxy groups -OCH3 is 2. The van der Waals surface area contributed by atoms with Gasteiger partial charge in [0.25, 0.3) is 0 Å². The first-order valence-corrected chi connectivity index (χ1v) is 5.60. The van der Waals surface area contributed by atoms with Crippen molar-refractivity contribution in [2.24, 2.45) is 5.73 Å². The molecule has 0 radical (unpaired) electrons. The van der Waals surface area contributed by atoms with E-state index in [1.165, 1.54) is 0 Å². The first-order valence-electron chi connectivity index (χ1n) is 5.60. The van der Waals surface area contributed by atoms with Crippen LogP contribution in [0.5, 0.6) is 0 Å². The third-order valence-electron chi connectivity index (χ3n) is 3.03. The van der Waals surface area contributed by atoms with E-state index in [0.29, 0.717) is 6.54 Å². The van der Waals surface area contributed by atoms with Crippen molar-refractivity contribution >= 4 is 5.82 Å². The molecule has 1 aliphatic heterocycles. The lowest BCUT2D eigenvalue weighted by atomic mass is 10.3. The molecule has 0 spiro atoms. The van der Waals surface area contributed by atoms with Gasteiger partial charge in [0.05, 0.1) is 11.9 Å². The Balaban J connectivity index is 2.13. The van der Waals surface area contributed by atoms with Gasteiger partial charge in [-0.1, -0.05) is 0 Å². The molecule has 2 rings (SSSR count). The Bertz CT molecular complexity index is 362. The van der Waals surface area contributed by atoms with Crippen molar-refractivity contribution in [3.8, 4) is 0 Å². The van der Waals surface area contributed by atoms with Crippen molar-refractivity contribution in [1.29, 1.82) is 0 Å². The lowest BCUT2D eigenvalue weighted by Crippen LogP contribution is -2.27. The zero-order chi connectivity index (χ0) is 12.3. The summed E-state index contributed by atoms with van der Waals surface area (Å²) in [6, 6.07) is 0. The molecule has 2 heterocycles. The van der Waals surface area contributed by atoms with Gasteiger partial charge >= 0.3 is 0 Å². The van der Waals surface area contributed by atoms with Crippen LogP contribution in [-0.4, -0.2) is 49.5 Å². The zero-order valence-electron chi connectivity index (χ0n) is 10.2. The molecular formula is C11H18N4O2. The van der Waals surface area contributed by atoms with E-state index in [1.54, 1.807) is 26.6 Å². The zero-order valence-corrected chi connectivity index (χ0v) is 10.2. The Morgan fingerprint density at radius 3 is 2.47 bits per heavy atom. The van der Waals surface area contributed by atoms with Crippen molar-refractivity contribution in [2.75, 3.05) is 32.2 Å². The fraction of sp³-hybridized carbons (Fsp3) is 0.636. The van der Waals surface area contributed by atoms with Gasteiger partial charge in [0.1, 0.15) is 18.0 Å². The summed E-state index contributed by atoms with van der Waals surface area (Å²) in [5.41, 5.74) is 6.34. The highest BCUT2D eigenvalue weighted by Crippen LogP contribution is 2.21. The van der Waals surface area contributed by atoms with Gasteiger partial charge in [-0.3, -0.25) is 4.98 Å². The average molecular weight is 238 g/mol. The summed E-state index contributed by atoms with van der Waals surface area (Å²) in [5.74, 6) is 0.828. The molecule has 6 nitrogen and oxygen atoms in total. The van der Waals surface area contributed by atoms with Gasteiger partial charge in [-0.2, -0.15) is 0 Å². The van der Waals surface area contributed by atoms with Gasteiger partial charge in [0, 0.05) is 40.1 Å². The average Bonchev–Trinajstić information content (AvgIpc) is 2.82. The molecule has 1 aromatic heterocycles. The van der Waals surface area contributed by atoms with Gasteiger partial charge in [0.15, 0.2) is 0 Å². The Labute approximate surface area is 101 Å². The van der Waals surface area contributed by atoms with E-state index in [9.17, 15) is 0 Å². The molecule has 1 fully saturated rings. The number of nitrogens with two attached hydrogens (primary N) is 1. The number of ether oxygens (including phenoxy) is 2. The van der Waals surface area contributed by atoms with Crippen LogP contribution < -0.4 is 10.6 Å². The second kappa shape index (κ2) is 5.39. The monoisotopic (exact) mass is 238 g/mol. The fourth-order valence-electron chi connectivity index (χ4n) is 2.03. The van der Waals surface area contributed by atoms with Crippen molar-refractivity contribution in [3.05, 3.63) is 18.1 Å². The molecule has 0 saturated carbocycles. The summed E-state index contributed by atoms with van der Waals surface area (Å²) < 4.78 is 10.8. The molecule has 1 aromatic rings. The molecule has 0 aliphatic carbocycles. The molecule has 6 heteroatoms. The predicted molar refractivity (Wildman–Crippen MR) is 63.7 cm³/mol. The molecule has 1 saturated heterocycles. The minimum absolute atomic E-state index is 0.0725. The van der Waals surface area contributed by atoms with Crippen LogP contribution in [0.1, 0.15) is 5.69 Å². The number of hydrogen-bond acceptors (Lipinski definition) is 6. The summed E-state index contributed by atoms with van der Waals surface area (Å²) in [7, 11) is 3.39. The Morgan fingerprint density at radius 2 is 1.94 bits per heavy atom. The standard InChI is InChI=1S/C11H18N4O2/c1-16-9-6-15(7-10(9)17-2)11-5-13-4-8(3-12)14-11/h4-5,9-10H,3,6-7,12H2,1-2H3. The van der Waals surface area contributed by atoms with E-state index in [4.69, 9.17) is 15.2 Å². The van der Waals surface area contributed by atoms with Crippen LogP contribution in [0, 0.1) is 0 Å². The second-order valence-electron chi connectivity index (χ2n) is 4.03. The largest absolute Gasteiger partial charge is 0.377 e. The predicted octanol–water partition coefficient (Wildman–Crippen LogP) is -0.215. The van der Waals surface area contributed by atoms with Gasteiger partial charge in [-0.05, 0) is 0 Å². The van der Waals surface area contributed by atoms with Gasteiger partial charge in [0.2, 0.25) is 0 Å². The van der Waals surface area contributed by atoms with Crippen molar-refractivity contribution in [3.63, 3.8) is 0 Å². The first-order chi connectivity index (χ1) is 8.28. The number of rotatable bonds is 4. The molecule has 1 aliphatic rings. The number of anilines is 1. The third-order valence-corrected chi connectivity index (χ3v) is 3.03. The molecule has 0 amide bonds. The number of hydrogen-bond donors (Lipinski definition) is 1. The molecule has 0 aromatic carbocycles. The highest BCUT2D eigenvalue weighted by atomic mass is 16.5. The highest BCUT2D eigenvalue weighted by Gasteiger charge is 2.33. The summed E-state index contributed by atoms with van der Waals surface area (Å²) >= 11 is 0. The summed E-state index contributed by atoms with van der Waals surface area (Å²) in [6.07, 6.45) is 3.57. The summed E-state index contributed by atoms with van der Waals surface area (Å²) in [4.78, 5) is 10.7. The van der Waals surface area contributed by atoms with Crippen LogP contribution in [-0.2, 0) is 16.0 Å². The van der Waals surface area contributed by atoms with Gasteiger partial charge in [-0.15, -0.1) is 0 Å².